The van der Waals surface area contributed by atoms with Gasteiger partial charge in [-0.15, -0.1) is 0 Å². The molecule has 0 aromatic carbocycles. The quantitative estimate of drug-likeness (QED) is 0.544. The van der Waals surface area contributed by atoms with Crippen molar-refractivity contribution in [3.05, 3.63) is 27.9 Å². The van der Waals surface area contributed by atoms with E-state index in [1.54, 1.807) is 0 Å². The molecule has 0 atom stereocenters. The molecule has 0 saturated heterocycles. The van der Waals surface area contributed by atoms with Gasteiger partial charge in [-0.1, -0.05) is 11.6 Å². The van der Waals surface area contributed by atoms with Crippen molar-refractivity contribution in [3.8, 4) is 0 Å². The van der Waals surface area contributed by atoms with Crippen LogP contribution >= 0.6 is 11.6 Å². The van der Waals surface area contributed by atoms with Gasteiger partial charge >= 0.3 is 16.5 Å². The summed E-state index contributed by atoms with van der Waals surface area (Å²) in [4.78, 5) is 21.8. The Morgan fingerprint density at radius 1 is 1.57 bits per heavy atom. The number of hydrogen-bond acceptors (Lipinski definition) is 4. The fourth-order valence-corrected chi connectivity index (χ4v) is 1.56. The van der Waals surface area contributed by atoms with Gasteiger partial charge in [0.15, 0.2) is 0 Å². The molecule has 5 nitrogen and oxygen atoms in total. The number of hydrogen-bond donors (Lipinski definition) is 2. The van der Waals surface area contributed by atoms with Gasteiger partial charge in [0.05, 0.1) is 11.8 Å². The lowest BCUT2D eigenvalue weighted by molar-refractivity contribution is 1.16. The number of nitrogens with one attached hydrogen (secondary N) is 2. The maximum atomic E-state index is 11.4. The largest absolute Gasteiger partial charge is 0.476 e. The van der Waals surface area contributed by atoms with Crippen molar-refractivity contribution in [2.75, 3.05) is 4.30 Å². The Kier molecular flexibility index (Phi) is 2.42. The third kappa shape index (κ3) is 1.48. The molecule has 7 heteroatoms. The average Bonchev–Trinajstić information content (AvgIpc) is 2.16. The first-order valence-electron chi connectivity index (χ1n) is 3.73. The molecule has 2 N–H and O–H groups in total. The zero-order valence-electron chi connectivity index (χ0n) is 6.91. The summed E-state index contributed by atoms with van der Waals surface area (Å²) in [6, 6.07) is 1.54. The number of halogens is 1. The molecule has 2 radical (unpaired) electrons. The molecule has 0 amide bonds. The highest BCUT2D eigenvalue weighted by Gasteiger charge is 2.07. The number of aromatic nitrogens is 3. The van der Waals surface area contributed by atoms with E-state index in [-0.39, 0.29) is 5.56 Å². The normalized spacial score (nSPS) is 10.4. The minimum Gasteiger partial charge on any atom is -0.476 e. The molecule has 0 aliphatic rings. The first-order valence-corrected chi connectivity index (χ1v) is 4.68. The van der Waals surface area contributed by atoms with E-state index in [0.29, 0.717) is 21.9 Å². The second kappa shape index (κ2) is 3.58. The van der Waals surface area contributed by atoms with Crippen LogP contribution < -0.4 is 9.86 Å². The van der Waals surface area contributed by atoms with E-state index in [1.807, 2.05) is 0 Å². The molecule has 14 heavy (non-hydrogen) atoms. The molecule has 68 valence electrons. The fourth-order valence-electron chi connectivity index (χ4n) is 1.16. The van der Waals surface area contributed by atoms with Crippen LogP contribution in [0.2, 0.25) is 5.15 Å². The summed E-state index contributed by atoms with van der Waals surface area (Å²) in [5, 5.41) is 0.687. The number of fused-ring (bicyclic) bond motifs is 1. The Morgan fingerprint density at radius 2 is 2.36 bits per heavy atom. The lowest BCUT2D eigenvalue weighted by Gasteiger charge is -2.04. The van der Waals surface area contributed by atoms with E-state index in [2.05, 4.69) is 35.8 Å². The lowest BCUT2D eigenvalue weighted by atomic mass is 10.3. The van der Waals surface area contributed by atoms with E-state index in [4.69, 9.17) is 11.6 Å². The summed E-state index contributed by atoms with van der Waals surface area (Å²) < 4.78 is 2.71. The van der Waals surface area contributed by atoms with Crippen LogP contribution in [0.1, 0.15) is 0 Å². The van der Waals surface area contributed by atoms with E-state index < -0.39 is 0 Å². The third-order valence-corrected chi connectivity index (χ3v) is 2.20. The van der Waals surface area contributed by atoms with E-state index in [0.717, 1.165) is 0 Å². The number of pyridine rings is 1. The van der Waals surface area contributed by atoms with Crippen molar-refractivity contribution in [1.82, 2.24) is 15.0 Å². The first kappa shape index (κ1) is 9.47. The molecule has 2 heterocycles. The fraction of sp³-hybridized carbons (Fsp3) is 0. The lowest BCUT2D eigenvalue weighted by Crippen LogP contribution is -2.10. The molecule has 2 aromatic rings. The Bertz CT molecular complexity index is 541. The van der Waals surface area contributed by atoms with Crippen LogP contribution in [0.5, 0.6) is 0 Å². The Labute approximate surface area is 92.2 Å². The summed E-state index contributed by atoms with van der Waals surface area (Å²) in [5.74, 6) is 0.395. The van der Waals surface area contributed by atoms with Gasteiger partial charge in [-0.3, -0.25) is 4.79 Å². The van der Waals surface area contributed by atoms with Crippen molar-refractivity contribution in [1.29, 1.82) is 0 Å². The predicted molar refractivity (Wildman–Crippen MR) is 54.5 cm³/mol. The van der Waals surface area contributed by atoms with Crippen molar-refractivity contribution >= 4 is 44.8 Å². The standard InChI is InChI=1S/C7H5ClN4O.Al/c8-4-1-3-5(6(9)12-4)7(13)11-2-10-3;/h1-2H,(H3,9,10,11,12,13);/q;+1/p-1. The summed E-state index contributed by atoms with van der Waals surface area (Å²) in [7, 11) is 0. The molecular weight excluding hydrogens is 219 g/mol. The van der Waals surface area contributed by atoms with Gasteiger partial charge in [0, 0.05) is 6.07 Å². The van der Waals surface area contributed by atoms with Crippen LogP contribution in [-0.4, -0.2) is 31.5 Å². The van der Waals surface area contributed by atoms with Crippen molar-refractivity contribution < 1.29 is 0 Å². The summed E-state index contributed by atoms with van der Waals surface area (Å²) in [6.07, 6.45) is 1.33. The van der Waals surface area contributed by atoms with Gasteiger partial charge in [-0.05, 0) is 0 Å². The van der Waals surface area contributed by atoms with Crippen molar-refractivity contribution in [2.24, 2.45) is 0 Å². The number of aromatic amines is 1. The van der Waals surface area contributed by atoms with E-state index in [9.17, 15) is 4.79 Å². The van der Waals surface area contributed by atoms with E-state index in [1.165, 1.54) is 12.4 Å². The molecule has 0 unspecified atom stereocenters. The number of H-pyrrole nitrogens is 1. The van der Waals surface area contributed by atoms with Gasteiger partial charge in [-0.25, -0.2) is 9.97 Å². The smallest absolute Gasteiger partial charge is 0.308 e. The monoisotopic (exact) mass is 222 g/mol. The second-order valence-electron chi connectivity index (χ2n) is 2.56. The number of nitrogens with zero attached hydrogens (tertiary/aromatic N) is 2. The maximum Gasteiger partial charge on any atom is 0.308 e. The Hall–Kier alpha value is -1.09. The van der Waals surface area contributed by atoms with Crippen LogP contribution in [0.4, 0.5) is 5.82 Å². The zero-order valence-corrected chi connectivity index (χ0v) is 8.82. The van der Waals surface area contributed by atoms with Crippen LogP contribution in [0.15, 0.2) is 17.2 Å². The second-order valence-corrected chi connectivity index (χ2v) is 3.24. The van der Waals surface area contributed by atoms with Crippen molar-refractivity contribution in [2.45, 2.75) is 0 Å². The molecule has 0 fully saturated rings. The highest BCUT2D eigenvalue weighted by atomic mass is 35.5. The molecule has 0 bridgehead atoms. The molecule has 0 spiro atoms. The third-order valence-electron chi connectivity index (χ3n) is 1.73. The molecule has 0 aliphatic carbocycles. The Morgan fingerprint density at radius 3 is 3.07 bits per heavy atom. The maximum absolute atomic E-state index is 11.4. The molecule has 0 saturated carbocycles. The molecular formula is C7H4AlClN4O. The molecule has 2 rings (SSSR count). The van der Waals surface area contributed by atoms with Crippen LogP contribution in [0.3, 0.4) is 0 Å². The van der Waals surface area contributed by atoms with Gasteiger partial charge in [-0.2, -0.15) is 0 Å². The minimum absolute atomic E-state index is 0.246. The van der Waals surface area contributed by atoms with Gasteiger partial charge in [0.2, 0.25) is 0 Å². The average molecular weight is 223 g/mol. The predicted octanol–water partition coefficient (Wildman–Crippen LogP) is 0.467. The van der Waals surface area contributed by atoms with E-state index >= 15 is 0 Å². The number of rotatable bonds is 1. The van der Waals surface area contributed by atoms with Crippen LogP contribution in [-0.2, 0) is 0 Å². The summed E-state index contributed by atoms with van der Waals surface area (Å²) in [6.45, 7) is 0. The van der Waals surface area contributed by atoms with Crippen molar-refractivity contribution in [3.63, 3.8) is 0 Å². The van der Waals surface area contributed by atoms with Crippen LogP contribution in [0, 0.1) is 0 Å². The highest BCUT2D eigenvalue weighted by Crippen LogP contribution is 2.18. The van der Waals surface area contributed by atoms with Gasteiger partial charge in [0.25, 0.3) is 5.56 Å². The van der Waals surface area contributed by atoms with Crippen LogP contribution in [0.25, 0.3) is 10.9 Å². The molecule has 0 aliphatic heterocycles. The Balaban J connectivity index is 2.96. The van der Waals surface area contributed by atoms with Gasteiger partial charge in [0.1, 0.15) is 16.4 Å². The summed E-state index contributed by atoms with van der Waals surface area (Å²) in [5.41, 5.74) is 0.266. The minimum atomic E-state index is -0.246. The summed E-state index contributed by atoms with van der Waals surface area (Å²) >= 11 is 8.00. The molecule has 2 aromatic heterocycles. The first-order chi connectivity index (χ1) is 6.72. The zero-order chi connectivity index (χ0) is 10.1. The SMILES string of the molecule is O=c1[nH]cnc2cc(Cl)nc([NH][Al])c12. The topological polar surface area (TPSA) is 70.7 Å². The van der Waals surface area contributed by atoms with Gasteiger partial charge < -0.3 is 9.28 Å². The highest BCUT2D eigenvalue weighted by molar-refractivity contribution is 6.30. The number of anilines is 1.